The molecule has 2 amide bonds. The maximum absolute atomic E-state index is 15.4. The Morgan fingerprint density at radius 1 is 1.00 bits per heavy atom. The monoisotopic (exact) mass is 398 g/mol. The molecule has 4 nitrogen and oxygen atoms in total. The normalized spacial score (nSPS) is 13.6. The minimum atomic E-state index is -0.628. The predicted octanol–water partition coefficient (Wildman–Crippen LogP) is 4.19. The number of nitrogens with two attached hydrogens (primary N) is 1. The molecule has 148 valence electrons. The van der Waals surface area contributed by atoms with Crippen molar-refractivity contribution < 1.29 is 14.0 Å². The van der Waals surface area contributed by atoms with Crippen molar-refractivity contribution in [1.82, 2.24) is 4.90 Å². The summed E-state index contributed by atoms with van der Waals surface area (Å²) in [5.74, 6) is -1.23. The van der Waals surface area contributed by atoms with Gasteiger partial charge in [0.15, 0.2) is 0 Å². The van der Waals surface area contributed by atoms with Crippen molar-refractivity contribution in [3.8, 4) is 22.3 Å². The first-order valence-electron chi connectivity index (χ1n) is 9.75. The molecular formula is C25H19FN2O2. The zero-order valence-electron chi connectivity index (χ0n) is 16.2. The van der Waals surface area contributed by atoms with E-state index in [4.69, 9.17) is 5.73 Å². The summed E-state index contributed by atoms with van der Waals surface area (Å²) in [5.41, 5.74) is 12.5. The number of hydrogen-bond donors (Lipinski definition) is 1. The zero-order valence-corrected chi connectivity index (χ0v) is 16.2. The van der Waals surface area contributed by atoms with Crippen molar-refractivity contribution in [2.75, 3.05) is 0 Å². The van der Waals surface area contributed by atoms with Crippen molar-refractivity contribution in [2.24, 2.45) is 5.73 Å². The molecule has 5 heteroatoms. The molecule has 0 saturated heterocycles. The summed E-state index contributed by atoms with van der Waals surface area (Å²) in [7, 11) is 0. The van der Waals surface area contributed by atoms with E-state index in [1.54, 1.807) is 4.90 Å². The number of rotatable bonds is 3. The van der Waals surface area contributed by atoms with Gasteiger partial charge in [0.05, 0.1) is 0 Å². The van der Waals surface area contributed by atoms with Crippen LogP contribution in [0.3, 0.4) is 0 Å². The van der Waals surface area contributed by atoms with E-state index in [1.165, 1.54) is 12.1 Å². The van der Waals surface area contributed by atoms with Gasteiger partial charge >= 0.3 is 0 Å². The third kappa shape index (κ3) is 2.66. The highest BCUT2D eigenvalue weighted by Crippen LogP contribution is 2.46. The molecule has 0 fully saturated rings. The number of nitrogens with zero attached hydrogens (tertiary/aromatic N) is 1. The van der Waals surface area contributed by atoms with Crippen LogP contribution in [0.2, 0.25) is 0 Å². The fraction of sp³-hybridized carbons (Fsp3) is 0.120. The Kier molecular flexibility index (Phi) is 4.07. The molecule has 2 aliphatic rings. The van der Waals surface area contributed by atoms with Gasteiger partial charge in [-0.05, 0) is 63.6 Å². The van der Waals surface area contributed by atoms with Crippen molar-refractivity contribution in [3.05, 3.63) is 94.8 Å². The number of hydrogen-bond acceptors (Lipinski definition) is 2. The third-order valence-corrected chi connectivity index (χ3v) is 6.01. The number of primary amides is 1. The lowest BCUT2D eigenvalue weighted by Crippen LogP contribution is -2.22. The Hall–Kier alpha value is -3.73. The molecule has 0 bridgehead atoms. The van der Waals surface area contributed by atoms with E-state index in [2.05, 4.69) is 6.58 Å². The van der Waals surface area contributed by atoms with E-state index in [1.807, 2.05) is 42.5 Å². The highest BCUT2D eigenvalue weighted by atomic mass is 19.1. The lowest BCUT2D eigenvalue weighted by molar-refractivity contribution is -0.126. The maximum atomic E-state index is 15.4. The first kappa shape index (κ1) is 18.3. The molecule has 30 heavy (non-hydrogen) atoms. The molecule has 0 saturated carbocycles. The van der Waals surface area contributed by atoms with Gasteiger partial charge in [-0.25, -0.2) is 4.39 Å². The van der Waals surface area contributed by atoms with E-state index in [0.717, 1.165) is 38.9 Å². The van der Waals surface area contributed by atoms with Gasteiger partial charge < -0.3 is 10.6 Å². The molecule has 0 radical (unpaired) electrons. The Bertz CT molecular complexity index is 1260. The zero-order chi connectivity index (χ0) is 21.0. The van der Waals surface area contributed by atoms with Crippen molar-refractivity contribution in [1.29, 1.82) is 0 Å². The summed E-state index contributed by atoms with van der Waals surface area (Å²) in [5, 5.41) is 0. The topological polar surface area (TPSA) is 63.4 Å². The number of benzene rings is 3. The van der Waals surface area contributed by atoms with Crippen LogP contribution in [-0.4, -0.2) is 16.7 Å². The molecule has 0 unspecified atom stereocenters. The maximum Gasteiger partial charge on any atom is 0.249 e. The Morgan fingerprint density at radius 2 is 1.77 bits per heavy atom. The fourth-order valence-corrected chi connectivity index (χ4v) is 4.62. The lowest BCUT2D eigenvalue weighted by Gasteiger charge is -2.15. The summed E-state index contributed by atoms with van der Waals surface area (Å²) < 4.78 is 15.4. The summed E-state index contributed by atoms with van der Waals surface area (Å²) >= 11 is 0. The van der Waals surface area contributed by atoms with Crippen LogP contribution in [0.15, 0.2) is 61.2 Å². The van der Waals surface area contributed by atoms with Gasteiger partial charge in [-0.2, -0.15) is 0 Å². The van der Waals surface area contributed by atoms with Gasteiger partial charge in [-0.1, -0.05) is 43.0 Å². The second kappa shape index (κ2) is 6.66. The molecule has 5 rings (SSSR count). The molecular weight excluding hydrogens is 379 g/mol. The summed E-state index contributed by atoms with van der Waals surface area (Å²) in [4.78, 5) is 25.7. The molecule has 0 spiro atoms. The highest BCUT2D eigenvalue weighted by Gasteiger charge is 2.30. The van der Waals surface area contributed by atoms with E-state index < -0.39 is 11.7 Å². The first-order chi connectivity index (χ1) is 14.5. The van der Waals surface area contributed by atoms with Crippen LogP contribution < -0.4 is 5.73 Å². The van der Waals surface area contributed by atoms with E-state index in [-0.39, 0.29) is 11.5 Å². The predicted molar refractivity (Wildman–Crippen MR) is 113 cm³/mol. The van der Waals surface area contributed by atoms with Gasteiger partial charge in [0.25, 0.3) is 0 Å². The van der Waals surface area contributed by atoms with E-state index in [0.29, 0.717) is 25.1 Å². The molecule has 2 N–H and O–H groups in total. The Balaban J connectivity index is 1.70. The third-order valence-electron chi connectivity index (χ3n) is 6.01. The van der Waals surface area contributed by atoms with Gasteiger partial charge in [0, 0.05) is 24.2 Å². The van der Waals surface area contributed by atoms with Crippen LogP contribution in [0.5, 0.6) is 0 Å². The number of carbonyl (C=O) groups excluding carboxylic acids is 2. The SMILES string of the molecule is C=CC(=O)N1Cc2ccc(-c3c(F)cc(C(N)=O)c4c3-c3ccccc3C4)cc2C1. The Labute approximate surface area is 173 Å². The summed E-state index contributed by atoms with van der Waals surface area (Å²) in [6, 6.07) is 14.8. The quantitative estimate of drug-likeness (QED) is 0.526. The minimum absolute atomic E-state index is 0.125. The smallest absolute Gasteiger partial charge is 0.249 e. The molecule has 1 heterocycles. The van der Waals surface area contributed by atoms with E-state index in [9.17, 15) is 9.59 Å². The van der Waals surface area contributed by atoms with Gasteiger partial charge in [-0.3, -0.25) is 9.59 Å². The lowest BCUT2D eigenvalue weighted by atomic mass is 9.89. The highest BCUT2D eigenvalue weighted by molar-refractivity contribution is 6.02. The average molecular weight is 398 g/mol. The van der Waals surface area contributed by atoms with Crippen LogP contribution in [0.1, 0.15) is 32.6 Å². The van der Waals surface area contributed by atoms with Gasteiger partial charge in [0.2, 0.25) is 11.8 Å². The molecule has 3 aromatic rings. The van der Waals surface area contributed by atoms with Crippen molar-refractivity contribution in [2.45, 2.75) is 19.5 Å². The van der Waals surface area contributed by atoms with Crippen LogP contribution in [-0.2, 0) is 24.3 Å². The number of amides is 2. The number of carbonyl (C=O) groups is 2. The van der Waals surface area contributed by atoms with Crippen LogP contribution in [0, 0.1) is 5.82 Å². The average Bonchev–Trinajstić information content (AvgIpc) is 3.33. The molecule has 0 atom stereocenters. The Morgan fingerprint density at radius 3 is 2.53 bits per heavy atom. The minimum Gasteiger partial charge on any atom is -0.366 e. The second-order valence-electron chi connectivity index (χ2n) is 7.71. The molecule has 1 aliphatic carbocycles. The summed E-state index contributed by atoms with van der Waals surface area (Å²) in [6.45, 7) is 4.53. The van der Waals surface area contributed by atoms with Crippen molar-refractivity contribution in [3.63, 3.8) is 0 Å². The number of halogens is 1. The molecule has 1 aliphatic heterocycles. The molecule has 0 aromatic heterocycles. The summed E-state index contributed by atoms with van der Waals surface area (Å²) in [6.07, 6.45) is 1.85. The van der Waals surface area contributed by atoms with Gasteiger partial charge in [0.1, 0.15) is 5.82 Å². The first-order valence-corrected chi connectivity index (χ1v) is 9.75. The van der Waals surface area contributed by atoms with E-state index >= 15 is 4.39 Å². The van der Waals surface area contributed by atoms with Crippen LogP contribution >= 0.6 is 0 Å². The fourth-order valence-electron chi connectivity index (χ4n) is 4.62. The van der Waals surface area contributed by atoms with Crippen LogP contribution in [0.25, 0.3) is 22.3 Å². The van der Waals surface area contributed by atoms with Crippen LogP contribution in [0.4, 0.5) is 4.39 Å². The largest absolute Gasteiger partial charge is 0.366 e. The van der Waals surface area contributed by atoms with Gasteiger partial charge in [-0.15, -0.1) is 0 Å². The molecule has 3 aromatic carbocycles. The standard InChI is InChI=1S/C25H19FN2O2/c1-2-22(29)28-12-16-8-7-15(9-17(16)13-28)23-21(26)11-20(25(27)30)19-10-14-5-3-4-6-18(14)24(19)23/h2-9,11H,1,10,12-13H2,(H2,27,30). The van der Waals surface area contributed by atoms with Crippen molar-refractivity contribution >= 4 is 11.8 Å². The second-order valence-corrected chi connectivity index (χ2v) is 7.71. The number of fused-ring (bicyclic) bond motifs is 4.